The Morgan fingerprint density at radius 3 is 2.61 bits per heavy atom. The van der Waals surface area contributed by atoms with Gasteiger partial charge in [0.25, 0.3) is 0 Å². The molecule has 3 heteroatoms. The molecule has 0 fully saturated rings. The molecule has 0 radical (unpaired) electrons. The predicted molar refractivity (Wildman–Crippen MR) is 69.6 cm³/mol. The van der Waals surface area contributed by atoms with E-state index in [1.54, 1.807) is 0 Å². The Morgan fingerprint density at radius 2 is 1.83 bits per heavy atom. The van der Waals surface area contributed by atoms with Gasteiger partial charge in [-0.15, -0.1) is 0 Å². The van der Waals surface area contributed by atoms with Gasteiger partial charge in [-0.1, -0.05) is 12.1 Å². The van der Waals surface area contributed by atoms with Gasteiger partial charge in [-0.3, -0.25) is 0 Å². The van der Waals surface area contributed by atoms with E-state index in [0.29, 0.717) is 5.56 Å². The summed E-state index contributed by atoms with van der Waals surface area (Å²) < 4.78 is 26.5. The second kappa shape index (κ2) is 5.17. The summed E-state index contributed by atoms with van der Waals surface area (Å²) in [5, 5.41) is 3.13. The number of nitrogens with one attached hydrogen (secondary N) is 1. The fourth-order valence-corrected chi connectivity index (χ4v) is 1.81. The molecule has 0 atom stereocenters. The smallest absolute Gasteiger partial charge is 0.128 e. The van der Waals surface area contributed by atoms with Crippen molar-refractivity contribution in [3.05, 3.63) is 64.7 Å². The molecule has 0 saturated carbocycles. The zero-order valence-corrected chi connectivity index (χ0v) is 10.4. The number of benzene rings is 2. The molecule has 0 saturated heterocycles. The minimum Gasteiger partial charge on any atom is -0.381 e. The van der Waals surface area contributed by atoms with Gasteiger partial charge in [0.15, 0.2) is 0 Å². The Bertz CT molecular complexity index is 562. The fourth-order valence-electron chi connectivity index (χ4n) is 1.81. The highest BCUT2D eigenvalue weighted by atomic mass is 19.1. The van der Waals surface area contributed by atoms with E-state index in [-0.39, 0.29) is 6.54 Å². The summed E-state index contributed by atoms with van der Waals surface area (Å²) in [7, 11) is 0. The molecule has 2 aromatic rings. The van der Waals surface area contributed by atoms with Crippen molar-refractivity contribution in [1.82, 2.24) is 0 Å². The summed E-state index contributed by atoms with van der Waals surface area (Å²) in [6.45, 7) is 4.29. The molecule has 0 spiro atoms. The highest BCUT2D eigenvalue weighted by molar-refractivity contribution is 5.53. The quantitative estimate of drug-likeness (QED) is 0.857. The topological polar surface area (TPSA) is 12.0 Å². The lowest BCUT2D eigenvalue weighted by atomic mass is 10.1. The molecule has 0 amide bonds. The van der Waals surface area contributed by atoms with Crippen LogP contribution in [0.15, 0.2) is 36.4 Å². The van der Waals surface area contributed by atoms with E-state index in [2.05, 4.69) is 5.32 Å². The Labute approximate surface area is 105 Å². The number of anilines is 1. The summed E-state index contributed by atoms with van der Waals surface area (Å²) in [6.07, 6.45) is 0. The lowest BCUT2D eigenvalue weighted by molar-refractivity contribution is 0.587. The van der Waals surface area contributed by atoms with Crippen molar-refractivity contribution < 1.29 is 8.78 Å². The average Bonchev–Trinajstić information content (AvgIpc) is 2.35. The van der Waals surface area contributed by atoms with Crippen LogP contribution >= 0.6 is 0 Å². The van der Waals surface area contributed by atoms with Gasteiger partial charge < -0.3 is 5.32 Å². The van der Waals surface area contributed by atoms with Crippen molar-refractivity contribution in [2.24, 2.45) is 0 Å². The SMILES string of the molecule is Cc1cccc(NCc2cc(F)ccc2F)c1C. The van der Waals surface area contributed by atoms with Crippen molar-refractivity contribution in [2.75, 3.05) is 5.32 Å². The second-order valence-corrected chi connectivity index (χ2v) is 4.34. The predicted octanol–water partition coefficient (Wildman–Crippen LogP) is 4.19. The van der Waals surface area contributed by atoms with Crippen LogP contribution in [0.4, 0.5) is 14.5 Å². The lowest BCUT2D eigenvalue weighted by Gasteiger charge is -2.12. The third-order valence-electron chi connectivity index (χ3n) is 3.08. The van der Waals surface area contributed by atoms with E-state index < -0.39 is 11.6 Å². The van der Waals surface area contributed by atoms with Gasteiger partial charge in [-0.2, -0.15) is 0 Å². The molecular weight excluding hydrogens is 232 g/mol. The van der Waals surface area contributed by atoms with Crippen molar-refractivity contribution in [1.29, 1.82) is 0 Å². The summed E-state index contributed by atoms with van der Waals surface area (Å²) in [6, 6.07) is 9.37. The molecule has 0 heterocycles. The molecule has 0 aliphatic carbocycles. The Kier molecular flexibility index (Phi) is 3.60. The van der Waals surface area contributed by atoms with Crippen LogP contribution in [-0.4, -0.2) is 0 Å². The summed E-state index contributed by atoms with van der Waals surface area (Å²) in [5.41, 5.74) is 3.56. The lowest BCUT2D eigenvalue weighted by Crippen LogP contribution is -2.04. The summed E-state index contributed by atoms with van der Waals surface area (Å²) in [4.78, 5) is 0. The van der Waals surface area contributed by atoms with Crippen LogP contribution in [0.25, 0.3) is 0 Å². The Balaban J connectivity index is 2.16. The third-order valence-corrected chi connectivity index (χ3v) is 3.08. The largest absolute Gasteiger partial charge is 0.381 e. The van der Waals surface area contributed by atoms with Crippen LogP contribution in [0.3, 0.4) is 0 Å². The highest BCUT2D eigenvalue weighted by Gasteiger charge is 2.05. The molecule has 2 aromatic carbocycles. The van der Waals surface area contributed by atoms with Crippen LogP contribution in [0.1, 0.15) is 16.7 Å². The van der Waals surface area contributed by atoms with Gasteiger partial charge in [-0.05, 0) is 49.2 Å². The van der Waals surface area contributed by atoms with E-state index in [1.807, 2.05) is 32.0 Å². The zero-order valence-electron chi connectivity index (χ0n) is 10.4. The maximum absolute atomic E-state index is 13.4. The number of halogens is 2. The monoisotopic (exact) mass is 247 g/mol. The Morgan fingerprint density at radius 1 is 1.06 bits per heavy atom. The molecule has 0 aromatic heterocycles. The van der Waals surface area contributed by atoms with Crippen LogP contribution in [0.5, 0.6) is 0 Å². The first kappa shape index (κ1) is 12.6. The van der Waals surface area contributed by atoms with Gasteiger partial charge in [0.2, 0.25) is 0 Å². The van der Waals surface area contributed by atoms with Gasteiger partial charge in [0, 0.05) is 17.8 Å². The first-order valence-electron chi connectivity index (χ1n) is 5.82. The van der Waals surface area contributed by atoms with E-state index in [9.17, 15) is 8.78 Å². The van der Waals surface area contributed by atoms with Gasteiger partial charge in [0.05, 0.1) is 0 Å². The normalized spacial score (nSPS) is 10.4. The molecule has 0 unspecified atom stereocenters. The van der Waals surface area contributed by atoms with E-state index >= 15 is 0 Å². The molecule has 0 aliphatic rings. The van der Waals surface area contributed by atoms with E-state index in [1.165, 1.54) is 11.6 Å². The zero-order chi connectivity index (χ0) is 13.1. The Hall–Kier alpha value is -1.90. The van der Waals surface area contributed by atoms with Crippen LogP contribution < -0.4 is 5.32 Å². The molecule has 94 valence electrons. The minimum atomic E-state index is -0.422. The summed E-state index contributed by atoms with van der Waals surface area (Å²) in [5.74, 6) is -0.816. The van der Waals surface area contributed by atoms with Gasteiger partial charge in [-0.25, -0.2) is 8.78 Å². The fraction of sp³-hybridized carbons (Fsp3) is 0.200. The minimum absolute atomic E-state index is 0.272. The maximum atomic E-state index is 13.4. The van der Waals surface area contributed by atoms with E-state index in [4.69, 9.17) is 0 Å². The molecular formula is C15H15F2N. The first-order valence-corrected chi connectivity index (χ1v) is 5.82. The molecule has 0 bridgehead atoms. The van der Waals surface area contributed by atoms with Crippen LogP contribution in [-0.2, 0) is 6.54 Å². The molecule has 0 aliphatic heterocycles. The number of rotatable bonds is 3. The average molecular weight is 247 g/mol. The van der Waals surface area contributed by atoms with Crippen molar-refractivity contribution in [3.63, 3.8) is 0 Å². The number of aryl methyl sites for hydroxylation is 1. The molecule has 2 rings (SSSR count). The first-order chi connectivity index (χ1) is 8.58. The summed E-state index contributed by atoms with van der Waals surface area (Å²) >= 11 is 0. The highest BCUT2D eigenvalue weighted by Crippen LogP contribution is 2.19. The van der Waals surface area contributed by atoms with Crippen LogP contribution in [0, 0.1) is 25.5 Å². The second-order valence-electron chi connectivity index (χ2n) is 4.34. The van der Waals surface area contributed by atoms with Gasteiger partial charge in [0.1, 0.15) is 11.6 Å². The molecule has 18 heavy (non-hydrogen) atoms. The number of hydrogen-bond acceptors (Lipinski definition) is 1. The van der Waals surface area contributed by atoms with Crippen LogP contribution in [0.2, 0.25) is 0 Å². The third kappa shape index (κ3) is 2.67. The number of hydrogen-bond donors (Lipinski definition) is 1. The van der Waals surface area contributed by atoms with Crippen molar-refractivity contribution in [3.8, 4) is 0 Å². The molecule has 1 nitrogen and oxygen atoms in total. The van der Waals surface area contributed by atoms with Gasteiger partial charge >= 0.3 is 0 Å². The standard InChI is InChI=1S/C15H15F2N/c1-10-4-3-5-15(11(10)2)18-9-12-8-13(16)6-7-14(12)17/h3-8,18H,9H2,1-2H3. The molecule has 1 N–H and O–H groups in total. The maximum Gasteiger partial charge on any atom is 0.128 e. The van der Waals surface area contributed by atoms with Crippen molar-refractivity contribution >= 4 is 5.69 Å². The van der Waals surface area contributed by atoms with Crippen molar-refractivity contribution in [2.45, 2.75) is 20.4 Å². The van der Waals surface area contributed by atoms with E-state index in [0.717, 1.165) is 23.4 Å².